The molecular formula is C17H22N6O. The molecule has 3 heterocycles. The molecule has 1 amide bonds. The van der Waals surface area contributed by atoms with Crippen LogP contribution in [0.5, 0.6) is 0 Å². The van der Waals surface area contributed by atoms with Gasteiger partial charge >= 0.3 is 5.91 Å². The van der Waals surface area contributed by atoms with Crippen molar-refractivity contribution in [1.29, 1.82) is 0 Å². The second-order valence-electron chi connectivity index (χ2n) is 5.89. The van der Waals surface area contributed by atoms with Crippen molar-refractivity contribution in [2.75, 3.05) is 31.5 Å². The Morgan fingerprint density at radius 2 is 2.54 bits per heavy atom. The summed E-state index contributed by atoms with van der Waals surface area (Å²) in [6.45, 7) is 7.14. The van der Waals surface area contributed by atoms with Crippen molar-refractivity contribution >= 4 is 22.8 Å². The molecule has 1 aliphatic rings. The number of amides is 1. The summed E-state index contributed by atoms with van der Waals surface area (Å²) in [5.41, 5.74) is 0.580. The molecule has 1 saturated heterocycles. The monoisotopic (exact) mass is 332 g/mol. The fourth-order valence-electron chi connectivity index (χ4n) is 2.86. The van der Waals surface area contributed by atoms with Gasteiger partial charge in [-0.3, -0.25) is 4.79 Å². The molecule has 0 spiro atoms. The lowest BCUT2D eigenvalue weighted by molar-refractivity contribution is -0.130. The molecule has 0 aliphatic carbocycles. The van der Waals surface area contributed by atoms with Crippen LogP contribution in [0.3, 0.4) is 0 Å². The van der Waals surface area contributed by atoms with Crippen molar-refractivity contribution in [2.45, 2.75) is 26.3 Å². The Kier molecular flexibility index (Phi) is 2.78. The van der Waals surface area contributed by atoms with Gasteiger partial charge in [-0.15, -0.1) is 0 Å². The van der Waals surface area contributed by atoms with Crippen LogP contribution >= 0.6 is 0 Å². The van der Waals surface area contributed by atoms with Crippen molar-refractivity contribution in [3.05, 3.63) is 29.5 Å². The van der Waals surface area contributed by atoms with Crippen LogP contribution in [-0.4, -0.2) is 58.4 Å². The van der Waals surface area contributed by atoms with E-state index in [9.17, 15) is 4.79 Å². The van der Waals surface area contributed by atoms with Crippen molar-refractivity contribution in [1.82, 2.24) is 19.9 Å². The fraction of sp³-hybridized carbons (Fsp3) is 0.529. The Morgan fingerprint density at radius 3 is 3.29 bits per heavy atom. The van der Waals surface area contributed by atoms with E-state index in [0.717, 1.165) is 4.90 Å². The van der Waals surface area contributed by atoms with Crippen LogP contribution in [-0.2, 0) is 4.79 Å². The maximum atomic E-state index is 12.3. The standard InChI is InChI=1S/C17H22N6O/c1-11-5-6-23(15(24)8-18-3)9-14(11)22(4)17-13-7-12(2)21-16(13)19-10-20-17/h7,10-11,14H,5-6,8-9H2,1-2,4H3,(H,19,20,21)/t11-,14+/m1/s1/i4D3,7D,10D,14D. The second kappa shape index (κ2) is 6.48. The molecule has 0 radical (unpaired) electrons. The number of rotatable bonds is 3. The summed E-state index contributed by atoms with van der Waals surface area (Å²) in [7, 11) is 0. The van der Waals surface area contributed by atoms with Gasteiger partial charge in [0.2, 0.25) is 0 Å². The molecule has 2 atom stereocenters. The van der Waals surface area contributed by atoms with Gasteiger partial charge in [0.25, 0.3) is 6.54 Å². The van der Waals surface area contributed by atoms with E-state index in [1.54, 1.807) is 13.8 Å². The lowest BCUT2D eigenvalue weighted by atomic mass is 9.92. The van der Waals surface area contributed by atoms with Crippen LogP contribution in [0.1, 0.15) is 27.3 Å². The predicted octanol–water partition coefficient (Wildman–Crippen LogP) is 1.86. The summed E-state index contributed by atoms with van der Waals surface area (Å²) in [5.74, 6) is -1.14. The first-order valence-corrected chi connectivity index (χ1v) is 7.65. The van der Waals surface area contributed by atoms with Crippen LogP contribution in [0, 0.1) is 19.4 Å². The molecule has 2 aromatic rings. The van der Waals surface area contributed by atoms with E-state index in [-0.39, 0.29) is 36.0 Å². The number of fused-ring (bicyclic) bond motifs is 1. The summed E-state index contributed by atoms with van der Waals surface area (Å²) in [6, 6.07) is -1.82. The molecule has 7 heteroatoms. The Bertz CT molecular complexity index is 1030. The number of nitrogens with zero attached hydrogens (tertiary/aromatic N) is 5. The highest BCUT2D eigenvalue weighted by atomic mass is 16.2. The topological polar surface area (TPSA) is 69.5 Å². The van der Waals surface area contributed by atoms with Gasteiger partial charge in [-0.05, 0) is 25.3 Å². The summed E-state index contributed by atoms with van der Waals surface area (Å²) < 4.78 is 49.8. The number of aromatic nitrogens is 3. The minimum Gasteiger partial charge on any atom is -0.354 e. The van der Waals surface area contributed by atoms with Gasteiger partial charge in [0.05, 0.1) is 14.1 Å². The zero-order valence-corrected chi connectivity index (χ0v) is 13.6. The molecule has 3 rings (SSSR count). The lowest BCUT2D eigenvalue weighted by Gasteiger charge is -2.41. The van der Waals surface area contributed by atoms with Crippen molar-refractivity contribution in [3.8, 4) is 0 Å². The summed E-state index contributed by atoms with van der Waals surface area (Å²) in [6.07, 6.45) is -0.0807. The normalized spacial score (nSPS) is 28.0. The average molecular weight is 332 g/mol. The molecule has 1 aliphatic heterocycles. The number of aromatic amines is 1. The van der Waals surface area contributed by atoms with Gasteiger partial charge in [0.15, 0.2) is 0 Å². The van der Waals surface area contributed by atoms with E-state index in [2.05, 4.69) is 19.8 Å². The Morgan fingerprint density at radius 1 is 1.71 bits per heavy atom. The van der Waals surface area contributed by atoms with Gasteiger partial charge in [-0.2, -0.15) is 0 Å². The van der Waals surface area contributed by atoms with E-state index in [0.29, 0.717) is 18.7 Å². The zero-order chi connectivity index (χ0) is 22.4. The molecule has 126 valence electrons. The highest BCUT2D eigenvalue weighted by Gasteiger charge is 2.33. The second-order valence-corrected chi connectivity index (χ2v) is 5.89. The number of likely N-dealkylation sites (N-methyl/N-ethyl adjacent to an activating group) is 1. The molecule has 0 saturated carbocycles. The smallest absolute Gasteiger partial charge is 0.302 e. The fourth-order valence-corrected chi connectivity index (χ4v) is 2.86. The van der Waals surface area contributed by atoms with Crippen LogP contribution in [0.25, 0.3) is 15.9 Å². The number of hydrogen-bond acceptors (Lipinski definition) is 4. The summed E-state index contributed by atoms with van der Waals surface area (Å²) in [5, 5.41) is 0.114. The highest BCUT2D eigenvalue weighted by Crippen LogP contribution is 2.29. The number of aryl methyl sites for hydroxylation is 1. The molecule has 0 bridgehead atoms. The van der Waals surface area contributed by atoms with E-state index in [4.69, 9.17) is 14.8 Å². The largest absolute Gasteiger partial charge is 0.354 e. The number of H-pyrrole nitrogens is 1. The average Bonchev–Trinajstić information content (AvgIpc) is 2.90. The first-order chi connectivity index (χ1) is 13.9. The van der Waals surface area contributed by atoms with Crippen molar-refractivity contribution in [2.24, 2.45) is 5.92 Å². The highest BCUT2D eigenvalue weighted by molar-refractivity contribution is 5.88. The minimum atomic E-state index is -2.84. The van der Waals surface area contributed by atoms with E-state index < -0.39 is 31.1 Å². The van der Waals surface area contributed by atoms with Crippen LogP contribution in [0.4, 0.5) is 5.82 Å². The number of hydrogen-bond donors (Lipinski definition) is 1. The molecule has 0 aromatic carbocycles. The molecule has 0 unspecified atom stereocenters. The maximum Gasteiger partial charge on any atom is 0.302 e. The van der Waals surface area contributed by atoms with Crippen molar-refractivity contribution in [3.63, 3.8) is 0 Å². The predicted molar refractivity (Wildman–Crippen MR) is 92.6 cm³/mol. The first kappa shape index (κ1) is 10.3. The Labute approximate surface area is 149 Å². The third-order valence-corrected chi connectivity index (χ3v) is 4.22. The van der Waals surface area contributed by atoms with Gasteiger partial charge in [0.1, 0.15) is 19.1 Å². The molecule has 1 N–H and O–H groups in total. The number of carbonyl (C=O) groups excluding carboxylic acids is 1. The van der Waals surface area contributed by atoms with E-state index >= 15 is 0 Å². The maximum absolute atomic E-state index is 12.3. The van der Waals surface area contributed by atoms with Gasteiger partial charge in [-0.25, -0.2) is 16.5 Å². The molecule has 24 heavy (non-hydrogen) atoms. The summed E-state index contributed by atoms with van der Waals surface area (Å²) in [4.78, 5) is 28.4. The van der Waals surface area contributed by atoms with Crippen LogP contribution in [0.2, 0.25) is 0 Å². The quantitative estimate of drug-likeness (QED) is 0.871. The zero-order valence-electron chi connectivity index (χ0n) is 19.6. The molecule has 7 nitrogen and oxygen atoms in total. The van der Waals surface area contributed by atoms with E-state index in [1.165, 1.54) is 4.90 Å². The van der Waals surface area contributed by atoms with Crippen LogP contribution in [0.15, 0.2) is 12.3 Å². The SMILES string of the molecule is [2H]c1nc(N(C([2H])([2H])[2H])[C@@]2([2H])CN(C(=O)C[N+]#[C-])CC[C@H]2C)c2c([2H])c(C)[nH]c2n1. The third-order valence-electron chi connectivity index (χ3n) is 4.22. The van der Waals surface area contributed by atoms with Gasteiger partial charge in [-0.1, -0.05) is 6.92 Å². The molecular weight excluding hydrogens is 304 g/mol. The molecule has 1 fully saturated rings. The Balaban J connectivity index is 2.22. The molecule has 2 aromatic heterocycles. The van der Waals surface area contributed by atoms with Gasteiger partial charge < -0.3 is 19.6 Å². The number of anilines is 1. The third kappa shape index (κ3) is 2.92. The van der Waals surface area contributed by atoms with Crippen molar-refractivity contribution < 1.29 is 13.0 Å². The minimum absolute atomic E-state index is 0.0118. The van der Waals surface area contributed by atoms with Gasteiger partial charge in [0, 0.05) is 29.9 Å². The number of piperidine rings is 1. The first-order valence-electron chi connectivity index (χ1n) is 10.6. The summed E-state index contributed by atoms with van der Waals surface area (Å²) >= 11 is 0. The van der Waals surface area contributed by atoms with Crippen LogP contribution < -0.4 is 4.90 Å². The lowest BCUT2D eigenvalue weighted by Crippen LogP contribution is -2.53. The Hall–Kier alpha value is -2.62. The number of likely N-dealkylation sites (tertiary alicyclic amines) is 1. The van der Waals surface area contributed by atoms with E-state index in [1.807, 2.05) is 0 Å². The number of nitrogens with one attached hydrogen (secondary N) is 1. The number of carbonyl (C=O) groups is 1.